The molecule has 0 heterocycles. The highest BCUT2D eigenvalue weighted by molar-refractivity contribution is 5.37. The quantitative estimate of drug-likeness (QED) is 0.774. The molecule has 0 aromatic heterocycles. The Bertz CT molecular complexity index is 363. The summed E-state index contributed by atoms with van der Waals surface area (Å²) in [5, 5.41) is 0. The standard InChI is InChI=1S/C12H16FNO/c1-8(2)7-10(14)12-9(13)5-4-6-11(12)15-3/h4-6,10H,1,7,14H2,2-3H3/t10-/m0/s1. The fourth-order valence-corrected chi connectivity index (χ4v) is 1.53. The average Bonchev–Trinajstić information content (AvgIpc) is 2.15. The van der Waals surface area contributed by atoms with Gasteiger partial charge in [-0.05, 0) is 25.5 Å². The van der Waals surface area contributed by atoms with E-state index >= 15 is 0 Å². The zero-order chi connectivity index (χ0) is 11.4. The van der Waals surface area contributed by atoms with E-state index in [1.807, 2.05) is 6.92 Å². The van der Waals surface area contributed by atoms with Crippen LogP contribution < -0.4 is 10.5 Å². The van der Waals surface area contributed by atoms with Crippen molar-refractivity contribution in [3.8, 4) is 5.75 Å². The van der Waals surface area contributed by atoms with Gasteiger partial charge in [0.1, 0.15) is 11.6 Å². The number of nitrogens with two attached hydrogens (primary N) is 1. The third-order valence-electron chi connectivity index (χ3n) is 2.17. The van der Waals surface area contributed by atoms with Crippen molar-refractivity contribution in [2.75, 3.05) is 7.11 Å². The largest absolute Gasteiger partial charge is 0.496 e. The van der Waals surface area contributed by atoms with Crippen LogP contribution in [0.1, 0.15) is 24.9 Å². The summed E-state index contributed by atoms with van der Waals surface area (Å²) in [5.41, 5.74) is 7.24. The van der Waals surface area contributed by atoms with Crippen LogP contribution in [-0.4, -0.2) is 7.11 Å². The second-order valence-electron chi connectivity index (χ2n) is 3.62. The topological polar surface area (TPSA) is 35.2 Å². The molecular formula is C12H16FNO. The molecule has 0 saturated carbocycles. The molecule has 1 aromatic carbocycles. The van der Waals surface area contributed by atoms with Gasteiger partial charge in [-0.25, -0.2) is 4.39 Å². The maximum absolute atomic E-state index is 13.5. The average molecular weight is 209 g/mol. The van der Waals surface area contributed by atoms with E-state index in [4.69, 9.17) is 10.5 Å². The highest BCUT2D eigenvalue weighted by Gasteiger charge is 2.16. The molecule has 0 fully saturated rings. The van der Waals surface area contributed by atoms with Gasteiger partial charge in [0, 0.05) is 11.6 Å². The Balaban J connectivity index is 3.05. The van der Waals surface area contributed by atoms with E-state index in [2.05, 4.69) is 6.58 Å². The molecule has 1 aromatic rings. The molecule has 0 aliphatic rings. The first-order chi connectivity index (χ1) is 7.06. The van der Waals surface area contributed by atoms with Gasteiger partial charge >= 0.3 is 0 Å². The van der Waals surface area contributed by atoms with Gasteiger partial charge in [-0.3, -0.25) is 0 Å². The van der Waals surface area contributed by atoms with Crippen LogP contribution in [0.4, 0.5) is 4.39 Å². The smallest absolute Gasteiger partial charge is 0.131 e. The maximum atomic E-state index is 13.5. The van der Waals surface area contributed by atoms with Gasteiger partial charge in [0.15, 0.2) is 0 Å². The molecule has 15 heavy (non-hydrogen) atoms. The number of benzene rings is 1. The molecule has 0 saturated heterocycles. The van der Waals surface area contributed by atoms with Crippen LogP contribution >= 0.6 is 0 Å². The van der Waals surface area contributed by atoms with Gasteiger partial charge in [0.05, 0.1) is 7.11 Å². The van der Waals surface area contributed by atoms with Crippen molar-refractivity contribution in [3.05, 3.63) is 41.7 Å². The molecule has 0 aliphatic heterocycles. The summed E-state index contributed by atoms with van der Waals surface area (Å²) in [6.07, 6.45) is 0.553. The van der Waals surface area contributed by atoms with E-state index in [0.29, 0.717) is 17.7 Å². The van der Waals surface area contributed by atoms with Crippen molar-refractivity contribution in [3.63, 3.8) is 0 Å². The third-order valence-corrected chi connectivity index (χ3v) is 2.17. The summed E-state index contributed by atoms with van der Waals surface area (Å²) in [5.74, 6) is 0.159. The lowest BCUT2D eigenvalue weighted by molar-refractivity contribution is 0.399. The molecule has 82 valence electrons. The summed E-state index contributed by atoms with van der Waals surface area (Å²) in [6.45, 7) is 5.63. The number of hydrogen-bond acceptors (Lipinski definition) is 2. The molecule has 0 bridgehead atoms. The monoisotopic (exact) mass is 209 g/mol. The molecule has 0 aliphatic carbocycles. The van der Waals surface area contributed by atoms with Gasteiger partial charge in [0.25, 0.3) is 0 Å². The van der Waals surface area contributed by atoms with Crippen molar-refractivity contribution >= 4 is 0 Å². The molecule has 0 radical (unpaired) electrons. The summed E-state index contributed by atoms with van der Waals surface area (Å²) >= 11 is 0. The molecule has 2 nitrogen and oxygen atoms in total. The molecule has 0 spiro atoms. The summed E-state index contributed by atoms with van der Waals surface area (Å²) in [7, 11) is 1.51. The molecule has 1 atom stereocenters. The second-order valence-corrected chi connectivity index (χ2v) is 3.62. The van der Waals surface area contributed by atoms with E-state index in [-0.39, 0.29) is 5.82 Å². The van der Waals surface area contributed by atoms with E-state index in [1.54, 1.807) is 12.1 Å². The summed E-state index contributed by atoms with van der Waals surface area (Å²) < 4.78 is 18.6. The van der Waals surface area contributed by atoms with Crippen molar-refractivity contribution in [2.45, 2.75) is 19.4 Å². The first-order valence-electron chi connectivity index (χ1n) is 4.78. The van der Waals surface area contributed by atoms with Crippen LogP contribution in [-0.2, 0) is 0 Å². The Morgan fingerprint density at radius 1 is 1.60 bits per heavy atom. The molecule has 0 amide bonds. The van der Waals surface area contributed by atoms with Crippen LogP contribution in [0.25, 0.3) is 0 Å². The minimum absolute atomic E-state index is 0.330. The van der Waals surface area contributed by atoms with Gasteiger partial charge < -0.3 is 10.5 Å². The first-order valence-corrected chi connectivity index (χ1v) is 4.78. The Hall–Kier alpha value is -1.35. The zero-order valence-corrected chi connectivity index (χ0v) is 9.09. The number of rotatable bonds is 4. The number of hydrogen-bond donors (Lipinski definition) is 1. The fourth-order valence-electron chi connectivity index (χ4n) is 1.53. The SMILES string of the molecule is C=C(C)C[C@H](N)c1c(F)cccc1OC. The van der Waals surface area contributed by atoms with Crippen LogP contribution in [0, 0.1) is 5.82 Å². The lowest BCUT2D eigenvalue weighted by Crippen LogP contribution is -2.13. The lowest BCUT2D eigenvalue weighted by Gasteiger charge is -2.16. The highest BCUT2D eigenvalue weighted by Crippen LogP contribution is 2.29. The highest BCUT2D eigenvalue weighted by atomic mass is 19.1. The van der Waals surface area contributed by atoms with Crippen molar-refractivity contribution < 1.29 is 9.13 Å². The van der Waals surface area contributed by atoms with Crippen molar-refractivity contribution in [2.24, 2.45) is 5.73 Å². The maximum Gasteiger partial charge on any atom is 0.131 e. The minimum atomic E-state index is -0.404. The molecule has 0 unspecified atom stereocenters. The normalized spacial score (nSPS) is 12.3. The van der Waals surface area contributed by atoms with Crippen molar-refractivity contribution in [1.29, 1.82) is 0 Å². The summed E-state index contributed by atoms with van der Waals surface area (Å²) in [4.78, 5) is 0. The molecular weight excluding hydrogens is 193 g/mol. The third kappa shape index (κ3) is 2.80. The summed E-state index contributed by atoms with van der Waals surface area (Å²) in [6, 6.07) is 4.29. The number of ether oxygens (including phenoxy) is 1. The van der Waals surface area contributed by atoms with E-state index in [0.717, 1.165) is 5.57 Å². The Morgan fingerprint density at radius 3 is 2.80 bits per heavy atom. The predicted molar refractivity (Wildman–Crippen MR) is 59.3 cm³/mol. The number of methoxy groups -OCH3 is 1. The minimum Gasteiger partial charge on any atom is -0.496 e. The van der Waals surface area contributed by atoms with E-state index in [9.17, 15) is 4.39 Å². The zero-order valence-electron chi connectivity index (χ0n) is 9.09. The van der Waals surface area contributed by atoms with Crippen molar-refractivity contribution in [1.82, 2.24) is 0 Å². The van der Waals surface area contributed by atoms with Gasteiger partial charge in [0.2, 0.25) is 0 Å². The fraction of sp³-hybridized carbons (Fsp3) is 0.333. The van der Waals surface area contributed by atoms with Gasteiger partial charge in [-0.1, -0.05) is 11.6 Å². The van der Waals surface area contributed by atoms with Crippen LogP contribution in [0.5, 0.6) is 5.75 Å². The van der Waals surface area contributed by atoms with E-state index in [1.165, 1.54) is 13.2 Å². The van der Waals surface area contributed by atoms with E-state index < -0.39 is 6.04 Å². The molecule has 3 heteroatoms. The Morgan fingerprint density at radius 2 is 2.27 bits per heavy atom. The predicted octanol–water partition coefficient (Wildman–Crippen LogP) is 2.80. The van der Waals surface area contributed by atoms with Crippen LogP contribution in [0.2, 0.25) is 0 Å². The Labute approximate surface area is 89.6 Å². The van der Waals surface area contributed by atoms with Gasteiger partial charge in [-0.2, -0.15) is 0 Å². The second kappa shape index (κ2) is 4.94. The molecule has 2 N–H and O–H groups in total. The molecule has 1 rings (SSSR count). The van der Waals surface area contributed by atoms with Gasteiger partial charge in [-0.15, -0.1) is 6.58 Å². The number of halogens is 1. The van der Waals surface area contributed by atoms with Crippen LogP contribution in [0.15, 0.2) is 30.4 Å². The van der Waals surface area contributed by atoms with Crippen LogP contribution in [0.3, 0.4) is 0 Å². The first kappa shape index (κ1) is 11.7. The Kier molecular flexibility index (Phi) is 3.86. The lowest BCUT2D eigenvalue weighted by atomic mass is 10.00.